The third kappa shape index (κ3) is 3.39. The van der Waals surface area contributed by atoms with E-state index < -0.39 is 0 Å². The number of thiazole rings is 1. The van der Waals surface area contributed by atoms with Crippen molar-refractivity contribution in [1.29, 1.82) is 0 Å². The van der Waals surface area contributed by atoms with Gasteiger partial charge in [0, 0.05) is 24.9 Å². The van der Waals surface area contributed by atoms with E-state index in [2.05, 4.69) is 0 Å². The van der Waals surface area contributed by atoms with Gasteiger partial charge >= 0.3 is 4.87 Å². The van der Waals surface area contributed by atoms with Crippen LogP contribution in [0.2, 0.25) is 0 Å². The van der Waals surface area contributed by atoms with Crippen molar-refractivity contribution in [3.63, 3.8) is 0 Å². The van der Waals surface area contributed by atoms with Crippen LogP contribution < -0.4 is 19.2 Å². The van der Waals surface area contributed by atoms with Crippen molar-refractivity contribution in [2.24, 2.45) is 7.05 Å². The number of carbonyl (C=O) groups is 1. The summed E-state index contributed by atoms with van der Waals surface area (Å²) in [4.78, 5) is 28.4. The summed E-state index contributed by atoms with van der Waals surface area (Å²) in [5, 5.41) is 0. The Balaban J connectivity index is 1.91. The quantitative estimate of drug-likeness (QED) is 0.607. The molecule has 2 heterocycles. The highest BCUT2D eigenvalue weighted by atomic mass is 32.1. The Hall–Kier alpha value is -3.06. The lowest BCUT2D eigenvalue weighted by atomic mass is 9.89. The highest BCUT2D eigenvalue weighted by Crippen LogP contribution is 2.48. The summed E-state index contributed by atoms with van der Waals surface area (Å²) in [7, 11) is 3.31. The molecule has 0 saturated heterocycles. The smallest absolute Gasteiger partial charge is 0.308 e. The summed E-state index contributed by atoms with van der Waals surface area (Å²) in [6.45, 7) is 3.90. The third-order valence-corrected chi connectivity index (χ3v) is 6.27. The molecule has 2 aromatic carbocycles. The van der Waals surface area contributed by atoms with Gasteiger partial charge in [-0.3, -0.25) is 19.1 Å². The van der Waals surface area contributed by atoms with Crippen LogP contribution in [-0.4, -0.2) is 23.7 Å². The van der Waals surface area contributed by atoms with Gasteiger partial charge in [0.1, 0.15) is 5.82 Å². The molecular formula is C23H24N2O4S. The lowest BCUT2D eigenvalue weighted by Gasteiger charge is -2.33. The first kappa shape index (κ1) is 20.2. The van der Waals surface area contributed by atoms with Crippen molar-refractivity contribution in [3.05, 3.63) is 68.6 Å². The standard InChI is InChI=1S/C23H24N2O4S/c1-14(2)29-20-16(11-8-12-18(20)28-4)17-13-19(26)25(15-9-6-5-7-10-15)22-21(17)30-23(27)24(22)3/h5-12,14,17H,13H2,1-4H3. The molecule has 0 aliphatic carbocycles. The molecule has 0 N–H and O–H groups in total. The third-order valence-electron chi connectivity index (χ3n) is 5.14. The maximum Gasteiger partial charge on any atom is 0.308 e. The summed E-state index contributed by atoms with van der Waals surface area (Å²) in [5.74, 6) is 1.51. The van der Waals surface area contributed by atoms with Crippen molar-refractivity contribution < 1.29 is 14.3 Å². The van der Waals surface area contributed by atoms with Crippen LogP contribution in [0, 0.1) is 0 Å². The van der Waals surface area contributed by atoms with Crippen LogP contribution in [0.3, 0.4) is 0 Å². The Bertz CT molecular complexity index is 1130. The normalized spacial score (nSPS) is 16.0. The van der Waals surface area contributed by atoms with E-state index in [-0.39, 0.29) is 29.2 Å². The van der Waals surface area contributed by atoms with E-state index in [4.69, 9.17) is 9.47 Å². The Morgan fingerprint density at radius 2 is 1.80 bits per heavy atom. The number of amides is 1. The minimum Gasteiger partial charge on any atom is -0.493 e. The first-order valence-corrected chi connectivity index (χ1v) is 10.6. The molecule has 1 aliphatic heterocycles. The van der Waals surface area contributed by atoms with Crippen molar-refractivity contribution in [1.82, 2.24) is 4.57 Å². The predicted molar refractivity (Wildman–Crippen MR) is 118 cm³/mol. The second kappa shape index (κ2) is 7.99. The number of methoxy groups -OCH3 is 1. The molecule has 1 amide bonds. The summed E-state index contributed by atoms with van der Waals surface area (Å²) in [6, 6.07) is 15.1. The van der Waals surface area contributed by atoms with Crippen LogP contribution in [0.15, 0.2) is 53.3 Å². The van der Waals surface area contributed by atoms with E-state index in [1.165, 1.54) is 11.3 Å². The molecule has 1 unspecified atom stereocenters. The zero-order valence-corrected chi connectivity index (χ0v) is 18.2. The van der Waals surface area contributed by atoms with E-state index >= 15 is 0 Å². The molecule has 0 radical (unpaired) electrons. The molecule has 0 spiro atoms. The van der Waals surface area contributed by atoms with E-state index in [1.54, 1.807) is 23.6 Å². The van der Waals surface area contributed by atoms with Crippen LogP contribution in [-0.2, 0) is 11.8 Å². The second-order valence-electron chi connectivity index (χ2n) is 7.48. The van der Waals surface area contributed by atoms with Gasteiger partial charge in [0.2, 0.25) is 5.91 Å². The van der Waals surface area contributed by atoms with Gasteiger partial charge in [-0.2, -0.15) is 0 Å². The molecule has 1 aromatic heterocycles. The van der Waals surface area contributed by atoms with Gasteiger partial charge in [0.05, 0.1) is 23.8 Å². The zero-order valence-electron chi connectivity index (χ0n) is 17.4. The number of carbonyl (C=O) groups excluding carboxylic acids is 1. The SMILES string of the molecule is COc1cccc(C2CC(=O)N(c3ccccc3)c3c2sc(=O)n3C)c1OC(C)C. The summed E-state index contributed by atoms with van der Waals surface area (Å²) >= 11 is 1.18. The van der Waals surface area contributed by atoms with E-state index in [1.807, 2.05) is 62.4 Å². The molecule has 6 nitrogen and oxygen atoms in total. The Kier molecular flexibility index (Phi) is 5.39. The Morgan fingerprint density at radius 3 is 2.47 bits per heavy atom. The summed E-state index contributed by atoms with van der Waals surface area (Å²) in [5.41, 5.74) is 1.60. The number of benzene rings is 2. The fourth-order valence-corrected chi connectivity index (χ4v) is 4.93. The van der Waals surface area contributed by atoms with Gasteiger partial charge in [-0.05, 0) is 32.0 Å². The fraction of sp³-hybridized carbons (Fsp3) is 0.304. The van der Waals surface area contributed by atoms with Crippen molar-refractivity contribution in [2.75, 3.05) is 12.0 Å². The number of rotatable bonds is 5. The maximum atomic E-state index is 13.3. The number of hydrogen-bond acceptors (Lipinski definition) is 5. The van der Waals surface area contributed by atoms with Crippen molar-refractivity contribution >= 4 is 28.7 Å². The van der Waals surface area contributed by atoms with Gasteiger partial charge in [-0.25, -0.2) is 0 Å². The molecular weight excluding hydrogens is 400 g/mol. The molecule has 0 fully saturated rings. The average Bonchev–Trinajstić information content (AvgIpc) is 3.02. The highest BCUT2D eigenvalue weighted by molar-refractivity contribution is 7.10. The van der Waals surface area contributed by atoms with E-state index in [0.717, 1.165) is 16.1 Å². The maximum absolute atomic E-state index is 13.3. The number of para-hydroxylation sites is 2. The number of ether oxygens (including phenoxy) is 2. The minimum absolute atomic E-state index is 0.0610. The molecule has 4 rings (SSSR count). The summed E-state index contributed by atoms with van der Waals surface area (Å²) < 4.78 is 13.2. The predicted octanol–water partition coefficient (Wildman–Crippen LogP) is 4.44. The molecule has 30 heavy (non-hydrogen) atoms. The van der Waals surface area contributed by atoms with Crippen molar-refractivity contribution in [2.45, 2.75) is 32.3 Å². The Labute approximate surface area is 179 Å². The van der Waals surface area contributed by atoms with Crippen LogP contribution in [0.25, 0.3) is 0 Å². The van der Waals surface area contributed by atoms with Crippen LogP contribution >= 0.6 is 11.3 Å². The molecule has 0 bridgehead atoms. The number of hydrogen-bond donors (Lipinski definition) is 0. The first-order chi connectivity index (χ1) is 14.4. The van der Waals surface area contributed by atoms with Crippen molar-refractivity contribution in [3.8, 4) is 11.5 Å². The minimum atomic E-state index is -0.282. The largest absolute Gasteiger partial charge is 0.493 e. The monoisotopic (exact) mass is 424 g/mol. The first-order valence-electron chi connectivity index (χ1n) is 9.83. The molecule has 1 atom stereocenters. The van der Waals surface area contributed by atoms with Crippen LogP contribution in [0.4, 0.5) is 11.5 Å². The number of nitrogens with zero attached hydrogens (tertiary/aromatic N) is 2. The van der Waals surface area contributed by atoms with Gasteiger partial charge in [0.15, 0.2) is 11.5 Å². The molecule has 1 aliphatic rings. The number of fused-ring (bicyclic) bond motifs is 1. The molecule has 7 heteroatoms. The zero-order chi connectivity index (χ0) is 21.4. The summed E-state index contributed by atoms with van der Waals surface area (Å²) in [6.07, 6.45) is 0.179. The topological polar surface area (TPSA) is 60.8 Å². The molecule has 156 valence electrons. The van der Waals surface area contributed by atoms with E-state index in [0.29, 0.717) is 17.3 Å². The highest BCUT2D eigenvalue weighted by Gasteiger charge is 2.39. The number of aromatic nitrogens is 1. The van der Waals surface area contributed by atoms with Crippen LogP contribution in [0.1, 0.15) is 36.6 Å². The second-order valence-corrected chi connectivity index (χ2v) is 8.47. The van der Waals surface area contributed by atoms with Gasteiger partial charge < -0.3 is 9.47 Å². The lowest BCUT2D eigenvalue weighted by molar-refractivity contribution is -0.118. The number of anilines is 2. The lowest BCUT2D eigenvalue weighted by Crippen LogP contribution is -2.34. The average molecular weight is 425 g/mol. The van der Waals surface area contributed by atoms with Gasteiger partial charge in [0.25, 0.3) is 0 Å². The van der Waals surface area contributed by atoms with Gasteiger partial charge in [-0.15, -0.1) is 0 Å². The fourth-order valence-electron chi connectivity index (χ4n) is 3.85. The molecule has 0 saturated carbocycles. The van der Waals surface area contributed by atoms with Crippen LogP contribution in [0.5, 0.6) is 11.5 Å². The molecule has 3 aromatic rings. The van der Waals surface area contributed by atoms with E-state index in [9.17, 15) is 9.59 Å². The Morgan fingerprint density at radius 1 is 1.07 bits per heavy atom. The van der Waals surface area contributed by atoms with Gasteiger partial charge in [-0.1, -0.05) is 41.7 Å².